The van der Waals surface area contributed by atoms with Crippen molar-refractivity contribution in [1.29, 1.82) is 0 Å². The van der Waals surface area contributed by atoms with Crippen LogP contribution in [0.15, 0.2) is 152 Å². The predicted octanol–water partition coefficient (Wildman–Crippen LogP) is 6.14. The molecule has 1 aliphatic heterocycles. The molecule has 0 radical (unpaired) electrons. The molecule has 0 spiro atoms. The van der Waals surface area contributed by atoms with E-state index in [4.69, 9.17) is 0 Å². The Balaban J connectivity index is 1.53. The normalized spacial score (nSPS) is 16.0. The third kappa shape index (κ3) is 2.81. The van der Waals surface area contributed by atoms with E-state index in [0.717, 1.165) is 0 Å². The highest BCUT2D eigenvalue weighted by atomic mass is 28.3. The summed E-state index contributed by atoms with van der Waals surface area (Å²) in [6.07, 6.45) is 0. The third-order valence-electron chi connectivity index (χ3n) is 8.28. The Morgan fingerprint density at radius 2 is 0.974 bits per heavy atom. The maximum atomic E-state index is 2.52. The third-order valence-corrected chi connectivity index (χ3v) is 13.1. The van der Waals surface area contributed by atoms with Gasteiger partial charge in [0.05, 0.1) is 11.0 Å². The molecule has 178 valence electrons. The molecule has 38 heavy (non-hydrogen) atoms. The molecular formula is C36H25NSi. The Hall–Kier alpha value is -4.66. The van der Waals surface area contributed by atoms with Gasteiger partial charge in [-0.3, -0.25) is 0 Å². The average Bonchev–Trinajstić information content (AvgIpc) is 3.34. The molecule has 8 rings (SSSR count). The van der Waals surface area contributed by atoms with E-state index in [2.05, 4.69) is 156 Å². The van der Waals surface area contributed by atoms with Gasteiger partial charge in [-0.25, -0.2) is 0 Å². The summed E-state index contributed by atoms with van der Waals surface area (Å²) in [6, 6.07) is 56.3. The van der Waals surface area contributed by atoms with Crippen LogP contribution in [0.25, 0.3) is 38.6 Å². The van der Waals surface area contributed by atoms with Crippen molar-refractivity contribution < 1.29 is 0 Å². The highest BCUT2D eigenvalue weighted by Gasteiger charge is 2.47. The largest absolute Gasteiger partial charge is 0.309 e. The summed E-state index contributed by atoms with van der Waals surface area (Å²) in [4.78, 5) is 0. The number of fused-ring (bicyclic) bond motifs is 5. The second-order valence-electron chi connectivity index (χ2n) is 10.1. The number of nitrogens with zero attached hydrogens (tertiary/aromatic N) is 1. The van der Waals surface area contributed by atoms with Crippen molar-refractivity contribution >= 4 is 50.6 Å². The number of benzene rings is 6. The molecule has 1 nitrogen and oxygen atoms in total. The second-order valence-corrected chi connectivity index (χ2v) is 13.9. The summed E-state index contributed by atoms with van der Waals surface area (Å²) in [5, 5.41) is 8.39. The molecule has 7 aromatic rings. The van der Waals surface area contributed by atoms with Crippen LogP contribution in [0.1, 0.15) is 0 Å². The lowest BCUT2D eigenvalue weighted by atomic mass is 10.1. The highest BCUT2D eigenvalue weighted by molar-refractivity contribution is 7.21. The fraction of sp³-hybridized carbons (Fsp3) is 0. The molecule has 0 fully saturated rings. The average molecular weight is 500 g/mol. The van der Waals surface area contributed by atoms with Crippen molar-refractivity contribution in [3.63, 3.8) is 0 Å². The summed E-state index contributed by atoms with van der Waals surface area (Å²) in [7, 11) is -2.61. The van der Waals surface area contributed by atoms with Crippen molar-refractivity contribution in [3.8, 4) is 16.8 Å². The van der Waals surface area contributed by atoms with Crippen LogP contribution in [0.5, 0.6) is 0 Å². The van der Waals surface area contributed by atoms with E-state index in [1.54, 1.807) is 0 Å². The number of rotatable bonds is 3. The molecule has 0 N–H and O–H groups in total. The van der Waals surface area contributed by atoms with Crippen molar-refractivity contribution in [2.45, 2.75) is 0 Å². The van der Waals surface area contributed by atoms with Crippen molar-refractivity contribution in [2.75, 3.05) is 0 Å². The number of hydrogen-bond donors (Lipinski definition) is 0. The zero-order valence-corrected chi connectivity index (χ0v) is 21.9. The highest BCUT2D eigenvalue weighted by Crippen LogP contribution is 2.35. The van der Waals surface area contributed by atoms with Crippen molar-refractivity contribution in [1.82, 2.24) is 4.57 Å². The first-order chi connectivity index (χ1) is 18.9. The van der Waals surface area contributed by atoms with Gasteiger partial charge in [0, 0.05) is 16.5 Å². The molecule has 1 aromatic heterocycles. The van der Waals surface area contributed by atoms with Gasteiger partial charge < -0.3 is 4.57 Å². The lowest BCUT2D eigenvalue weighted by molar-refractivity contribution is 1.19. The molecule has 2 heterocycles. The topological polar surface area (TPSA) is 4.93 Å². The van der Waals surface area contributed by atoms with Gasteiger partial charge in [-0.05, 0) is 44.0 Å². The lowest BCUT2D eigenvalue weighted by Crippen LogP contribution is -2.76. The summed E-state index contributed by atoms with van der Waals surface area (Å²) < 4.78 is 2.52. The molecular weight excluding hydrogens is 474 g/mol. The Morgan fingerprint density at radius 1 is 0.395 bits per heavy atom. The van der Waals surface area contributed by atoms with Gasteiger partial charge in [0.2, 0.25) is 0 Å². The zero-order valence-electron chi connectivity index (χ0n) is 20.9. The smallest absolute Gasteiger partial charge is 0.184 e. The van der Waals surface area contributed by atoms with Crippen LogP contribution in [0.3, 0.4) is 0 Å². The van der Waals surface area contributed by atoms with E-state index in [1.165, 1.54) is 59.4 Å². The molecule has 1 atom stereocenters. The molecule has 2 heteroatoms. The van der Waals surface area contributed by atoms with Crippen LogP contribution in [0, 0.1) is 0 Å². The van der Waals surface area contributed by atoms with Gasteiger partial charge in [0.15, 0.2) is 8.07 Å². The minimum Gasteiger partial charge on any atom is -0.309 e. The van der Waals surface area contributed by atoms with E-state index in [9.17, 15) is 0 Å². The lowest BCUT2D eigenvalue weighted by Gasteiger charge is -2.39. The Kier molecular flexibility index (Phi) is 4.61. The SMILES string of the molecule is c1ccc(-c2ccc([Si]3(c4ccccc4)c4ccccc4-n4c5ccccc5c5cccc3c54)cc2)cc1. The Labute approximate surface area is 223 Å². The van der Waals surface area contributed by atoms with Crippen molar-refractivity contribution in [3.05, 3.63) is 152 Å². The maximum Gasteiger partial charge on any atom is 0.184 e. The molecule has 0 bridgehead atoms. The van der Waals surface area contributed by atoms with Crippen LogP contribution in [0.2, 0.25) is 0 Å². The fourth-order valence-corrected chi connectivity index (χ4v) is 11.8. The zero-order chi connectivity index (χ0) is 25.1. The predicted molar refractivity (Wildman–Crippen MR) is 163 cm³/mol. The number of aromatic nitrogens is 1. The minimum absolute atomic E-state index is 1.25. The van der Waals surface area contributed by atoms with E-state index in [-0.39, 0.29) is 0 Å². The first kappa shape index (κ1) is 21.4. The summed E-state index contributed by atoms with van der Waals surface area (Å²) in [6.45, 7) is 0. The van der Waals surface area contributed by atoms with E-state index < -0.39 is 8.07 Å². The first-order valence-electron chi connectivity index (χ1n) is 13.2. The van der Waals surface area contributed by atoms with Crippen LogP contribution in [-0.4, -0.2) is 12.6 Å². The van der Waals surface area contributed by atoms with E-state index in [1.807, 2.05) is 0 Å². The maximum absolute atomic E-state index is 2.61. The summed E-state index contributed by atoms with van der Waals surface area (Å²) >= 11 is 0. The molecule has 6 aromatic carbocycles. The van der Waals surface area contributed by atoms with Gasteiger partial charge in [0.25, 0.3) is 0 Å². The number of hydrogen-bond acceptors (Lipinski definition) is 0. The summed E-state index contributed by atoms with van der Waals surface area (Å²) in [5.41, 5.74) is 6.44. The second kappa shape index (κ2) is 8.17. The van der Waals surface area contributed by atoms with Gasteiger partial charge in [-0.2, -0.15) is 0 Å². The van der Waals surface area contributed by atoms with Gasteiger partial charge in [-0.15, -0.1) is 0 Å². The van der Waals surface area contributed by atoms with E-state index in [0.29, 0.717) is 0 Å². The van der Waals surface area contributed by atoms with Crippen LogP contribution in [0.4, 0.5) is 0 Å². The standard InChI is InChI=1S/C36H25NSi/c1-3-12-26(13-4-1)27-22-24-29(25-23-27)38(28-14-5-2-6-15-28)34-20-10-9-19-33(34)37-32-18-8-7-16-30(32)31-17-11-21-35(38)36(31)37/h1-25H. The van der Waals surface area contributed by atoms with Gasteiger partial charge in [0.1, 0.15) is 0 Å². The molecule has 0 saturated heterocycles. The molecule has 1 aliphatic rings. The monoisotopic (exact) mass is 499 g/mol. The molecule has 1 unspecified atom stereocenters. The Morgan fingerprint density at radius 3 is 1.79 bits per heavy atom. The van der Waals surface area contributed by atoms with Crippen LogP contribution < -0.4 is 20.7 Å². The molecule has 0 saturated carbocycles. The molecule has 0 amide bonds. The van der Waals surface area contributed by atoms with Crippen LogP contribution >= 0.6 is 0 Å². The fourth-order valence-electron chi connectivity index (χ4n) is 6.72. The molecule has 0 aliphatic carbocycles. The number of para-hydroxylation sites is 3. The first-order valence-corrected chi connectivity index (χ1v) is 15.2. The Bertz CT molecular complexity index is 1950. The quantitative estimate of drug-likeness (QED) is 0.257. The van der Waals surface area contributed by atoms with Crippen LogP contribution in [-0.2, 0) is 0 Å². The minimum atomic E-state index is -2.61. The summed E-state index contributed by atoms with van der Waals surface area (Å²) in [5.74, 6) is 0. The van der Waals surface area contributed by atoms with Gasteiger partial charge in [-0.1, -0.05) is 140 Å². The van der Waals surface area contributed by atoms with E-state index >= 15 is 0 Å². The van der Waals surface area contributed by atoms with Crippen molar-refractivity contribution in [2.24, 2.45) is 0 Å². The van der Waals surface area contributed by atoms with Gasteiger partial charge >= 0.3 is 0 Å².